The van der Waals surface area contributed by atoms with Gasteiger partial charge in [-0.25, -0.2) is 0 Å². The van der Waals surface area contributed by atoms with Crippen LogP contribution >= 0.6 is 0 Å². The first-order chi connectivity index (χ1) is 7.66. The molecule has 3 heteroatoms. The Morgan fingerprint density at radius 3 is 2.44 bits per heavy atom. The summed E-state index contributed by atoms with van der Waals surface area (Å²) in [5.74, 6) is 0.0861. The van der Waals surface area contributed by atoms with Crippen LogP contribution in [-0.4, -0.2) is 15.2 Å². The lowest BCUT2D eigenvalue weighted by Crippen LogP contribution is -1.75. The first kappa shape index (κ1) is 12.7. The van der Waals surface area contributed by atoms with Crippen LogP contribution < -0.4 is 0 Å². The number of nitrogens with one attached hydrogen (secondary N) is 1. The van der Waals surface area contributed by atoms with Gasteiger partial charge in [-0.1, -0.05) is 38.3 Å². The molecule has 0 aliphatic heterocycles. The van der Waals surface area contributed by atoms with E-state index in [-0.39, 0.29) is 11.8 Å². The summed E-state index contributed by atoms with van der Waals surface area (Å²) in [7, 11) is 0. The van der Waals surface area contributed by atoms with Crippen molar-refractivity contribution in [3.8, 4) is 11.8 Å². The van der Waals surface area contributed by atoms with Gasteiger partial charge in [-0.3, -0.25) is 4.98 Å². The molecule has 0 bridgehead atoms. The van der Waals surface area contributed by atoms with Crippen LogP contribution in [-0.2, 0) is 0 Å². The molecule has 1 heterocycles. The lowest BCUT2D eigenvalue weighted by molar-refractivity contribution is 0.424. The fraction of sp³-hybridized carbons (Fsp3) is 0.538. The minimum absolute atomic E-state index is 0.0415. The van der Waals surface area contributed by atoms with Crippen LogP contribution in [0.15, 0.2) is 6.08 Å². The normalized spacial score (nSPS) is 11.4. The van der Waals surface area contributed by atoms with Crippen LogP contribution in [0.2, 0.25) is 0 Å². The summed E-state index contributed by atoms with van der Waals surface area (Å²) in [6, 6.07) is 0. The molecule has 0 saturated heterocycles. The zero-order valence-corrected chi connectivity index (χ0v) is 10.1. The fourth-order valence-electron chi connectivity index (χ4n) is 1.67. The van der Waals surface area contributed by atoms with Crippen molar-refractivity contribution in [2.75, 3.05) is 0 Å². The van der Waals surface area contributed by atoms with Crippen molar-refractivity contribution < 1.29 is 10.2 Å². The highest BCUT2D eigenvalue weighted by Gasteiger charge is 2.09. The molecule has 0 spiro atoms. The van der Waals surface area contributed by atoms with E-state index in [0.717, 1.165) is 6.42 Å². The molecule has 16 heavy (non-hydrogen) atoms. The SMILES string of the molecule is CCCCCCC=Cc1c(O)[nH]c(O)c1C. The summed E-state index contributed by atoms with van der Waals surface area (Å²) < 4.78 is 0. The smallest absolute Gasteiger partial charge is 0.198 e. The van der Waals surface area contributed by atoms with Crippen molar-refractivity contribution >= 4 is 6.08 Å². The minimum atomic E-state index is 0.0415. The van der Waals surface area contributed by atoms with Gasteiger partial charge in [0.25, 0.3) is 0 Å². The fourth-order valence-corrected chi connectivity index (χ4v) is 1.67. The van der Waals surface area contributed by atoms with E-state index < -0.39 is 0 Å². The largest absolute Gasteiger partial charge is 0.494 e. The van der Waals surface area contributed by atoms with Crippen LogP contribution in [0.1, 0.15) is 50.2 Å². The van der Waals surface area contributed by atoms with Crippen molar-refractivity contribution in [1.82, 2.24) is 4.98 Å². The molecular formula is C13H21NO2. The monoisotopic (exact) mass is 223 g/mol. The molecule has 3 nitrogen and oxygen atoms in total. The Morgan fingerprint density at radius 2 is 1.88 bits per heavy atom. The second kappa shape index (κ2) is 6.26. The van der Waals surface area contributed by atoms with Gasteiger partial charge in [0.2, 0.25) is 0 Å². The number of aromatic amines is 1. The third-order valence-corrected chi connectivity index (χ3v) is 2.76. The molecule has 0 atom stereocenters. The maximum atomic E-state index is 9.49. The summed E-state index contributed by atoms with van der Waals surface area (Å²) >= 11 is 0. The summed E-state index contributed by atoms with van der Waals surface area (Å²) in [6.07, 6.45) is 9.89. The van der Waals surface area contributed by atoms with Crippen LogP contribution in [0, 0.1) is 6.92 Å². The van der Waals surface area contributed by atoms with E-state index in [2.05, 4.69) is 11.9 Å². The Labute approximate surface area is 96.8 Å². The topological polar surface area (TPSA) is 56.2 Å². The molecule has 3 N–H and O–H groups in total. The van der Waals surface area contributed by atoms with E-state index in [1.807, 2.05) is 12.2 Å². The molecule has 0 aromatic carbocycles. The molecule has 1 aromatic rings. The molecular weight excluding hydrogens is 202 g/mol. The van der Waals surface area contributed by atoms with E-state index in [0.29, 0.717) is 11.1 Å². The van der Waals surface area contributed by atoms with Gasteiger partial charge in [-0.15, -0.1) is 0 Å². The molecule has 0 fully saturated rings. The average Bonchev–Trinajstić information content (AvgIpc) is 2.49. The summed E-state index contributed by atoms with van der Waals surface area (Å²) in [5, 5.41) is 18.8. The van der Waals surface area contributed by atoms with E-state index in [9.17, 15) is 10.2 Å². The van der Waals surface area contributed by atoms with Gasteiger partial charge in [0.1, 0.15) is 0 Å². The Hall–Kier alpha value is -1.38. The molecule has 0 aliphatic carbocycles. The van der Waals surface area contributed by atoms with Gasteiger partial charge in [0, 0.05) is 11.1 Å². The van der Waals surface area contributed by atoms with Crippen LogP contribution in [0.4, 0.5) is 0 Å². The van der Waals surface area contributed by atoms with Crippen molar-refractivity contribution in [1.29, 1.82) is 0 Å². The van der Waals surface area contributed by atoms with E-state index >= 15 is 0 Å². The maximum absolute atomic E-state index is 9.49. The van der Waals surface area contributed by atoms with Crippen LogP contribution in [0.5, 0.6) is 11.8 Å². The van der Waals surface area contributed by atoms with Gasteiger partial charge in [-0.05, 0) is 19.8 Å². The number of hydrogen-bond acceptors (Lipinski definition) is 2. The standard InChI is InChI=1S/C13H21NO2/c1-3-4-5-6-7-8-9-11-10(2)12(15)14-13(11)16/h8-9,14-16H,3-7H2,1-2H3. The van der Waals surface area contributed by atoms with Crippen LogP contribution in [0.25, 0.3) is 6.08 Å². The Bertz CT molecular complexity index is 353. The van der Waals surface area contributed by atoms with Gasteiger partial charge in [0.05, 0.1) is 0 Å². The molecule has 0 aliphatic rings. The van der Waals surface area contributed by atoms with Crippen molar-refractivity contribution in [3.05, 3.63) is 17.2 Å². The first-order valence-corrected chi connectivity index (χ1v) is 5.93. The highest BCUT2D eigenvalue weighted by Crippen LogP contribution is 2.29. The Balaban J connectivity index is 2.44. The summed E-state index contributed by atoms with van der Waals surface area (Å²) in [4.78, 5) is 2.50. The second-order valence-electron chi connectivity index (χ2n) is 4.11. The van der Waals surface area contributed by atoms with Gasteiger partial charge in [0.15, 0.2) is 11.8 Å². The zero-order valence-electron chi connectivity index (χ0n) is 10.1. The summed E-state index contributed by atoms with van der Waals surface area (Å²) in [6.45, 7) is 3.97. The number of hydrogen-bond donors (Lipinski definition) is 3. The average molecular weight is 223 g/mol. The van der Waals surface area contributed by atoms with E-state index in [1.165, 1.54) is 25.7 Å². The molecule has 0 radical (unpaired) electrons. The lowest BCUT2D eigenvalue weighted by Gasteiger charge is -1.95. The molecule has 1 rings (SSSR count). The van der Waals surface area contributed by atoms with Gasteiger partial charge >= 0.3 is 0 Å². The number of aromatic nitrogens is 1. The number of H-pyrrole nitrogens is 1. The number of unbranched alkanes of at least 4 members (excludes halogenated alkanes) is 4. The Morgan fingerprint density at radius 1 is 1.12 bits per heavy atom. The maximum Gasteiger partial charge on any atom is 0.198 e. The van der Waals surface area contributed by atoms with E-state index in [1.54, 1.807) is 6.92 Å². The highest BCUT2D eigenvalue weighted by molar-refractivity contribution is 5.62. The Kier molecular flexibility index (Phi) is 4.96. The quantitative estimate of drug-likeness (QED) is 0.644. The number of allylic oxidation sites excluding steroid dienone is 1. The molecule has 90 valence electrons. The second-order valence-corrected chi connectivity index (χ2v) is 4.11. The zero-order chi connectivity index (χ0) is 12.0. The third kappa shape index (κ3) is 3.33. The molecule has 0 saturated carbocycles. The summed E-state index contributed by atoms with van der Waals surface area (Å²) in [5.41, 5.74) is 1.38. The number of aromatic hydroxyl groups is 2. The van der Waals surface area contributed by atoms with Crippen molar-refractivity contribution in [2.45, 2.75) is 46.0 Å². The van der Waals surface area contributed by atoms with Crippen molar-refractivity contribution in [2.24, 2.45) is 0 Å². The lowest BCUT2D eigenvalue weighted by atomic mass is 10.1. The van der Waals surface area contributed by atoms with Gasteiger partial charge < -0.3 is 10.2 Å². The number of rotatable bonds is 6. The molecule has 1 aromatic heterocycles. The first-order valence-electron chi connectivity index (χ1n) is 5.93. The van der Waals surface area contributed by atoms with Crippen molar-refractivity contribution in [3.63, 3.8) is 0 Å². The molecule has 0 amide bonds. The molecule has 0 unspecified atom stereocenters. The third-order valence-electron chi connectivity index (χ3n) is 2.76. The highest BCUT2D eigenvalue weighted by atomic mass is 16.3. The predicted octanol–water partition coefficient (Wildman–Crippen LogP) is 3.72. The minimum Gasteiger partial charge on any atom is -0.494 e. The predicted molar refractivity (Wildman–Crippen MR) is 66.7 cm³/mol. The van der Waals surface area contributed by atoms with E-state index in [4.69, 9.17) is 0 Å². The van der Waals surface area contributed by atoms with Crippen LogP contribution in [0.3, 0.4) is 0 Å². The van der Waals surface area contributed by atoms with Gasteiger partial charge in [-0.2, -0.15) is 0 Å².